The highest BCUT2D eigenvalue weighted by atomic mass is 16.1. The van der Waals surface area contributed by atoms with Crippen LogP contribution in [0.1, 0.15) is 5.69 Å². The summed E-state index contributed by atoms with van der Waals surface area (Å²) in [6, 6.07) is 15.4. The van der Waals surface area contributed by atoms with Crippen LogP contribution in [0.15, 0.2) is 54.2 Å². The predicted octanol–water partition coefficient (Wildman–Crippen LogP) is 2.13. The molecular weight excluding hydrogens is 238 g/mol. The fourth-order valence-corrected chi connectivity index (χ4v) is 1.77. The number of hydrogen-bond donors (Lipinski definition) is 1. The van der Waals surface area contributed by atoms with Gasteiger partial charge in [0.05, 0.1) is 0 Å². The molecule has 2 rings (SSSR count). The maximum Gasteiger partial charge on any atom is 0.261 e. The third-order valence-electron chi connectivity index (χ3n) is 2.70. The number of benzene rings is 1. The minimum absolute atomic E-state index is 0.0818. The van der Waals surface area contributed by atoms with Crippen molar-refractivity contribution in [1.29, 1.82) is 5.26 Å². The van der Waals surface area contributed by atoms with Crippen molar-refractivity contribution in [2.45, 2.75) is 0 Å². The van der Waals surface area contributed by atoms with Gasteiger partial charge < -0.3 is 9.88 Å². The number of nitriles is 1. The standard InChI is InChI=1S/C15H13N3O/c1-17-15(19)12(11-16)10-14-8-5-9-18(14)13-6-3-2-4-7-13/h2-10H,1H3,(H,17,19)/b12-10+. The lowest BCUT2D eigenvalue weighted by molar-refractivity contribution is -0.116. The Bertz CT molecular complexity index is 648. The van der Waals surface area contributed by atoms with Gasteiger partial charge in [-0.3, -0.25) is 4.79 Å². The van der Waals surface area contributed by atoms with Gasteiger partial charge in [0.25, 0.3) is 5.91 Å². The number of hydrogen-bond acceptors (Lipinski definition) is 2. The Hall–Kier alpha value is -2.80. The van der Waals surface area contributed by atoms with Gasteiger partial charge in [-0.05, 0) is 30.3 Å². The number of nitrogens with one attached hydrogen (secondary N) is 1. The average molecular weight is 251 g/mol. The molecule has 1 heterocycles. The Morgan fingerprint density at radius 1 is 1.26 bits per heavy atom. The van der Waals surface area contributed by atoms with Crippen LogP contribution in [0.4, 0.5) is 0 Å². The number of amides is 1. The van der Waals surface area contributed by atoms with E-state index in [4.69, 9.17) is 5.26 Å². The summed E-state index contributed by atoms with van der Waals surface area (Å²) in [6.07, 6.45) is 3.46. The smallest absolute Gasteiger partial charge is 0.261 e. The van der Waals surface area contributed by atoms with Gasteiger partial charge >= 0.3 is 0 Å². The number of carbonyl (C=O) groups excluding carboxylic acids is 1. The molecule has 0 fully saturated rings. The van der Waals surface area contributed by atoms with Crippen molar-refractivity contribution in [3.05, 3.63) is 59.9 Å². The first-order chi connectivity index (χ1) is 9.26. The normalized spacial score (nSPS) is 10.8. The van der Waals surface area contributed by atoms with Crippen LogP contribution in [0.3, 0.4) is 0 Å². The van der Waals surface area contributed by atoms with E-state index in [1.165, 1.54) is 7.05 Å². The molecule has 4 nitrogen and oxygen atoms in total. The van der Waals surface area contributed by atoms with Crippen molar-refractivity contribution in [2.24, 2.45) is 0 Å². The zero-order valence-corrected chi connectivity index (χ0v) is 10.5. The highest BCUT2D eigenvalue weighted by Crippen LogP contribution is 2.15. The van der Waals surface area contributed by atoms with Gasteiger partial charge in [-0.2, -0.15) is 5.26 Å². The maximum absolute atomic E-state index is 11.5. The number of nitrogens with zero attached hydrogens (tertiary/aromatic N) is 2. The Kier molecular flexibility index (Phi) is 3.79. The zero-order chi connectivity index (χ0) is 13.7. The molecule has 0 spiro atoms. The van der Waals surface area contributed by atoms with E-state index in [2.05, 4.69) is 5.32 Å². The molecule has 0 aliphatic heterocycles. The Morgan fingerprint density at radius 2 is 2.00 bits per heavy atom. The van der Waals surface area contributed by atoms with Crippen LogP contribution in [-0.4, -0.2) is 17.5 Å². The van der Waals surface area contributed by atoms with Crippen LogP contribution < -0.4 is 5.32 Å². The molecule has 0 aliphatic carbocycles. The second-order valence-corrected chi connectivity index (χ2v) is 3.89. The van der Waals surface area contributed by atoms with Crippen LogP contribution in [0.5, 0.6) is 0 Å². The van der Waals surface area contributed by atoms with Gasteiger partial charge in [-0.15, -0.1) is 0 Å². The molecule has 94 valence electrons. The fourth-order valence-electron chi connectivity index (χ4n) is 1.77. The van der Waals surface area contributed by atoms with Crippen LogP contribution in [-0.2, 0) is 4.79 Å². The van der Waals surface area contributed by atoms with E-state index >= 15 is 0 Å². The molecule has 0 aliphatic rings. The second kappa shape index (κ2) is 5.69. The summed E-state index contributed by atoms with van der Waals surface area (Å²) in [4.78, 5) is 11.5. The van der Waals surface area contributed by atoms with Crippen LogP contribution in [0, 0.1) is 11.3 Å². The van der Waals surface area contributed by atoms with Gasteiger partial charge in [0.15, 0.2) is 0 Å². The maximum atomic E-state index is 11.5. The third kappa shape index (κ3) is 2.72. The molecule has 1 amide bonds. The molecular formula is C15H13N3O. The summed E-state index contributed by atoms with van der Waals surface area (Å²) >= 11 is 0. The molecule has 2 aromatic rings. The lowest BCUT2D eigenvalue weighted by Gasteiger charge is -2.06. The van der Waals surface area contributed by atoms with E-state index in [0.717, 1.165) is 11.4 Å². The van der Waals surface area contributed by atoms with Crippen molar-refractivity contribution >= 4 is 12.0 Å². The highest BCUT2D eigenvalue weighted by molar-refractivity contribution is 6.01. The number of aromatic nitrogens is 1. The topological polar surface area (TPSA) is 57.8 Å². The summed E-state index contributed by atoms with van der Waals surface area (Å²) in [5, 5.41) is 11.4. The molecule has 1 aromatic carbocycles. The first-order valence-corrected chi connectivity index (χ1v) is 5.83. The number of likely N-dealkylation sites (N-methyl/N-ethyl adjacent to an activating group) is 1. The molecule has 0 saturated carbocycles. The van der Waals surface area contributed by atoms with Crippen LogP contribution >= 0.6 is 0 Å². The van der Waals surface area contributed by atoms with E-state index in [1.54, 1.807) is 6.08 Å². The van der Waals surface area contributed by atoms with Crippen molar-refractivity contribution < 1.29 is 4.79 Å². The SMILES string of the molecule is CNC(=O)/C(C#N)=C/c1cccn1-c1ccccc1. The number of para-hydroxylation sites is 1. The number of carbonyl (C=O) groups is 1. The van der Waals surface area contributed by atoms with Gasteiger partial charge in [0.2, 0.25) is 0 Å². The highest BCUT2D eigenvalue weighted by Gasteiger charge is 2.08. The monoisotopic (exact) mass is 251 g/mol. The Morgan fingerprint density at radius 3 is 2.63 bits per heavy atom. The zero-order valence-electron chi connectivity index (χ0n) is 10.5. The first kappa shape index (κ1) is 12.7. The summed E-state index contributed by atoms with van der Waals surface area (Å²) in [7, 11) is 1.50. The van der Waals surface area contributed by atoms with Crippen molar-refractivity contribution in [2.75, 3.05) is 7.05 Å². The molecule has 1 N–H and O–H groups in total. The van der Waals surface area contributed by atoms with E-state index < -0.39 is 0 Å². The molecule has 1 aromatic heterocycles. The Labute approximate surface area is 111 Å². The molecule has 4 heteroatoms. The van der Waals surface area contributed by atoms with E-state index in [-0.39, 0.29) is 11.5 Å². The lowest BCUT2D eigenvalue weighted by Crippen LogP contribution is -2.19. The molecule has 0 saturated heterocycles. The van der Waals surface area contributed by atoms with Gasteiger partial charge in [0.1, 0.15) is 11.6 Å². The molecule has 0 bridgehead atoms. The van der Waals surface area contributed by atoms with Crippen molar-refractivity contribution in [3.8, 4) is 11.8 Å². The van der Waals surface area contributed by atoms with Crippen molar-refractivity contribution in [3.63, 3.8) is 0 Å². The molecule has 0 atom stereocenters. The molecule has 0 radical (unpaired) electrons. The van der Waals surface area contributed by atoms with Gasteiger partial charge in [-0.25, -0.2) is 0 Å². The predicted molar refractivity (Wildman–Crippen MR) is 73.4 cm³/mol. The van der Waals surface area contributed by atoms with Gasteiger partial charge in [-0.1, -0.05) is 18.2 Å². The van der Waals surface area contributed by atoms with Gasteiger partial charge in [0, 0.05) is 24.6 Å². The summed E-state index contributed by atoms with van der Waals surface area (Å²) in [6.45, 7) is 0. The Balaban J connectivity index is 2.44. The quantitative estimate of drug-likeness (QED) is 0.671. The van der Waals surface area contributed by atoms with E-state index in [0.29, 0.717) is 0 Å². The molecule has 19 heavy (non-hydrogen) atoms. The van der Waals surface area contributed by atoms with Crippen LogP contribution in [0.25, 0.3) is 11.8 Å². The number of rotatable bonds is 3. The molecule has 0 unspecified atom stereocenters. The second-order valence-electron chi connectivity index (χ2n) is 3.89. The van der Waals surface area contributed by atoms with E-state index in [9.17, 15) is 4.79 Å². The fraction of sp³-hybridized carbons (Fsp3) is 0.0667. The summed E-state index contributed by atoms with van der Waals surface area (Å²) in [5.41, 5.74) is 1.85. The van der Waals surface area contributed by atoms with E-state index in [1.807, 2.05) is 59.3 Å². The lowest BCUT2D eigenvalue weighted by atomic mass is 10.2. The third-order valence-corrected chi connectivity index (χ3v) is 2.70. The average Bonchev–Trinajstić information content (AvgIpc) is 2.93. The summed E-state index contributed by atoms with van der Waals surface area (Å²) < 4.78 is 1.92. The van der Waals surface area contributed by atoms with Crippen LogP contribution in [0.2, 0.25) is 0 Å². The largest absolute Gasteiger partial charge is 0.354 e. The first-order valence-electron chi connectivity index (χ1n) is 5.83. The minimum atomic E-state index is -0.386. The minimum Gasteiger partial charge on any atom is -0.354 e. The van der Waals surface area contributed by atoms with Crippen molar-refractivity contribution in [1.82, 2.24) is 9.88 Å². The summed E-state index contributed by atoms with van der Waals surface area (Å²) in [5.74, 6) is -0.386.